The van der Waals surface area contributed by atoms with E-state index in [0.29, 0.717) is 11.3 Å². The van der Waals surface area contributed by atoms with E-state index in [1.165, 1.54) is 18.8 Å². The van der Waals surface area contributed by atoms with Crippen LogP contribution in [0.1, 0.15) is 20.3 Å². The van der Waals surface area contributed by atoms with Gasteiger partial charge in [-0.3, -0.25) is 0 Å². The molecule has 1 atom stereocenters. The Hall–Kier alpha value is 0.230. The normalized spacial score (nSPS) is 24.0. The predicted octanol–water partition coefficient (Wildman–Crippen LogP) is 1.18. The molecule has 1 saturated heterocycles. The van der Waals surface area contributed by atoms with E-state index in [0.717, 1.165) is 13.0 Å². The first-order valence-electron chi connectivity index (χ1n) is 5.66. The molecule has 0 amide bonds. The fraction of sp³-hybridized carbons (Fsp3) is 1.00. The summed E-state index contributed by atoms with van der Waals surface area (Å²) in [7, 11) is 1.74. The Morgan fingerprint density at radius 1 is 1.53 bits per heavy atom. The maximum Gasteiger partial charge on any atom is 0.0705 e. The highest BCUT2D eigenvalue weighted by Crippen LogP contribution is 2.29. The number of nitrogens with two attached hydrogens (primary N) is 1. The molecule has 0 radical (unpaired) electrons. The summed E-state index contributed by atoms with van der Waals surface area (Å²) in [5.74, 6) is 1.24. The van der Waals surface area contributed by atoms with Crippen LogP contribution >= 0.6 is 11.8 Å². The third-order valence-corrected chi connectivity index (χ3v) is 4.17. The van der Waals surface area contributed by atoms with Gasteiger partial charge in [0.05, 0.1) is 6.10 Å². The summed E-state index contributed by atoms with van der Waals surface area (Å²) in [6.45, 7) is 8.76. The zero-order valence-electron chi connectivity index (χ0n) is 10.2. The Balaban J connectivity index is 2.26. The Labute approximate surface area is 97.7 Å². The molecule has 1 aliphatic heterocycles. The molecule has 0 aliphatic carbocycles. The number of nitrogens with zero attached hydrogens (tertiary/aromatic N) is 1. The van der Waals surface area contributed by atoms with Gasteiger partial charge < -0.3 is 15.4 Å². The monoisotopic (exact) mass is 232 g/mol. The molecule has 1 heterocycles. The first kappa shape index (κ1) is 13.3. The zero-order valence-corrected chi connectivity index (χ0v) is 11.0. The van der Waals surface area contributed by atoms with Gasteiger partial charge in [-0.15, -0.1) is 0 Å². The van der Waals surface area contributed by atoms with Crippen molar-refractivity contribution in [3.05, 3.63) is 0 Å². The molecule has 0 aromatic heterocycles. The lowest BCUT2D eigenvalue weighted by molar-refractivity contribution is 0.0886. The Bertz CT molecular complexity index is 183. The van der Waals surface area contributed by atoms with Crippen molar-refractivity contribution in [2.45, 2.75) is 31.1 Å². The smallest absolute Gasteiger partial charge is 0.0705 e. The second kappa shape index (κ2) is 6.09. The van der Waals surface area contributed by atoms with Crippen LogP contribution in [0.5, 0.6) is 0 Å². The highest BCUT2D eigenvalue weighted by molar-refractivity contribution is 8.00. The minimum Gasteiger partial charge on any atom is -0.380 e. The average Bonchev–Trinajstić information content (AvgIpc) is 2.18. The third kappa shape index (κ3) is 4.72. The van der Waals surface area contributed by atoms with Crippen LogP contribution in [0.2, 0.25) is 0 Å². The molecular formula is C11H24N2OS. The van der Waals surface area contributed by atoms with E-state index >= 15 is 0 Å². The van der Waals surface area contributed by atoms with E-state index in [2.05, 4.69) is 30.5 Å². The molecule has 15 heavy (non-hydrogen) atoms. The quantitative estimate of drug-likeness (QED) is 0.772. The molecular weight excluding hydrogens is 208 g/mol. The average molecular weight is 232 g/mol. The fourth-order valence-electron chi connectivity index (χ4n) is 1.96. The van der Waals surface area contributed by atoms with Crippen molar-refractivity contribution in [2.24, 2.45) is 5.73 Å². The largest absolute Gasteiger partial charge is 0.380 e. The molecule has 2 N–H and O–H groups in total. The van der Waals surface area contributed by atoms with Gasteiger partial charge in [0, 0.05) is 43.8 Å². The van der Waals surface area contributed by atoms with Gasteiger partial charge in [0.25, 0.3) is 0 Å². The molecule has 0 bridgehead atoms. The van der Waals surface area contributed by atoms with Gasteiger partial charge in [-0.2, -0.15) is 11.8 Å². The molecule has 0 spiro atoms. The minimum absolute atomic E-state index is 0.225. The number of hydrogen-bond donors (Lipinski definition) is 1. The van der Waals surface area contributed by atoms with E-state index in [-0.39, 0.29) is 6.10 Å². The Morgan fingerprint density at radius 3 is 2.80 bits per heavy atom. The van der Waals surface area contributed by atoms with Crippen LogP contribution in [0.3, 0.4) is 0 Å². The van der Waals surface area contributed by atoms with Gasteiger partial charge >= 0.3 is 0 Å². The van der Waals surface area contributed by atoms with Crippen LogP contribution in [0, 0.1) is 0 Å². The molecule has 1 aliphatic rings. The van der Waals surface area contributed by atoms with E-state index < -0.39 is 0 Å². The van der Waals surface area contributed by atoms with E-state index in [4.69, 9.17) is 10.5 Å². The van der Waals surface area contributed by atoms with Crippen LogP contribution in [-0.4, -0.2) is 54.8 Å². The predicted molar refractivity (Wildman–Crippen MR) is 67.4 cm³/mol. The van der Waals surface area contributed by atoms with Crippen molar-refractivity contribution in [1.29, 1.82) is 0 Å². The van der Waals surface area contributed by atoms with Gasteiger partial charge in [0.2, 0.25) is 0 Å². The van der Waals surface area contributed by atoms with Crippen LogP contribution in [0.4, 0.5) is 0 Å². The van der Waals surface area contributed by atoms with Gasteiger partial charge in [-0.1, -0.05) is 0 Å². The molecule has 0 aromatic rings. The van der Waals surface area contributed by atoms with E-state index in [1.54, 1.807) is 7.11 Å². The molecule has 0 saturated carbocycles. The first-order valence-corrected chi connectivity index (χ1v) is 6.65. The summed E-state index contributed by atoms with van der Waals surface area (Å²) < 4.78 is 5.69. The number of rotatable bonds is 5. The summed E-state index contributed by atoms with van der Waals surface area (Å²) in [5.41, 5.74) is 5.60. The molecule has 1 fully saturated rings. The van der Waals surface area contributed by atoms with E-state index in [9.17, 15) is 0 Å². The van der Waals surface area contributed by atoms with Crippen LogP contribution in [0.15, 0.2) is 0 Å². The number of hydrogen-bond acceptors (Lipinski definition) is 4. The Kier molecular flexibility index (Phi) is 5.39. The highest BCUT2D eigenvalue weighted by Gasteiger charge is 2.26. The summed E-state index contributed by atoms with van der Waals surface area (Å²) in [6.07, 6.45) is 1.27. The summed E-state index contributed by atoms with van der Waals surface area (Å²) in [4.78, 5) is 2.53. The lowest BCUT2D eigenvalue weighted by Gasteiger charge is -2.37. The van der Waals surface area contributed by atoms with Crippen LogP contribution in [0.25, 0.3) is 0 Å². The summed E-state index contributed by atoms with van der Waals surface area (Å²) in [5, 5.41) is 0. The van der Waals surface area contributed by atoms with Crippen molar-refractivity contribution in [3.63, 3.8) is 0 Å². The molecule has 3 nitrogen and oxygen atoms in total. The second-order valence-electron chi connectivity index (χ2n) is 4.77. The minimum atomic E-state index is 0.225. The lowest BCUT2D eigenvalue weighted by atomic mass is 10.1. The van der Waals surface area contributed by atoms with Gasteiger partial charge in [0.1, 0.15) is 0 Å². The molecule has 1 unspecified atom stereocenters. The molecule has 1 rings (SSSR count). The number of ether oxygens (including phenoxy) is 1. The van der Waals surface area contributed by atoms with Gasteiger partial charge in [0.15, 0.2) is 0 Å². The molecule has 90 valence electrons. The topological polar surface area (TPSA) is 38.5 Å². The first-order chi connectivity index (χ1) is 7.07. The van der Waals surface area contributed by atoms with Gasteiger partial charge in [-0.25, -0.2) is 0 Å². The maximum absolute atomic E-state index is 5.60. The maximum atomic E-state index is 5.60. The SMILES string of the molecule is COC(CN)CCN1CCSC(C)(C)C1. The molecule has 4 heteroatoms. The Morgan fingerprint density at radius 2 is 2.27 bits per heavy atom. The van der Waals surface area contributed by atoms with Crippen molar-refractivity contribution in [1.82, 2.24) is 4.90 Å². The standard InChI is InChI=1S/C11H24N2OS/c1-11(2)9-13(6-7-15-11)5-4-10(8-12)14-3/h10H,4-9,12H2,1-3H3. The lowest BCUT2D eigenvalue weighted by Crippen LogP contribution is -2.44. The molecule has 0 aromatic carbocycles. The fourth-order valence-corrected chi connectivity index (χ4v) is 3.14. The van der Waals surface area contributed by atoms with Crippen LogP contribution in [-0.2, 0) is 4.74 Å². The summed E-state index contributed by atoms with van der Waals surface area (Å²) in [6, 6.07) is 0. The van der Waals surface area contributed by atoms with E-state index in [1.807, 2.05) is 0 Å². The summed E-state index contributed by atoms with van der Waals surface area (Å²) >= 11 is 2.07. The number of methoxy groups -OCH3 is 1. The second-order valence-corrected chi connectivity index (χ2v) is 6.57. The van der Waals surface area contributed by atoms with Crippen LogP contribution < -0.4 is 5.73 Å². The number of thioether (sulfide) groups is 1. The van der Waals surface area contributed by atoms with Crippen molar-refractivity contribution >= 4 is 11.8 Å². The van der Waals surface area contributed by atoms with Crippen molar-refractivity contribution in [3.8, 4) is 0 Å². The highest BCUT2D eigenvalue weighted by atomic mass is 32.2. The van der Waals surface area contributed by atoms with Gasteiger partial charge in [-0.05, 0) is 20.3 Å². The van der Waals surface area contributed by atoms with Crippen molar-refractivity contribution < 1.29 is 4.74 Å². The third-order valence-electron chi connectivity index (χ3n) is 2.87. The van der Waals surface area contributed by atoms with Crippen molar-refractivity contribution in [2.75, 3.05) is 39.0 Å². The zero-order chi connectivity index (χ0) is 11.3.